The number of H-pyrrole nitrogens is 1. The normalized spacial score (nSPS) is 26.0. The summed E-state index contributed by atoms with van der Waals surface area (Å²) in [4.78, 5) is 71.0. The molecular formula is C36H29BrFN3O7S2. The van der Waals surface area contributed by atoms with E-state index in [0.29, 0.717) is 29.1 Å². The Morgan fingerprint density at radius 2 is 1.72 bits per heavy atom. The van der Waals surface area contributed by atoms with Crippen molar-refractivity contribution in [3.8, 4) is 5.75 Å². The predicted molar refractivity (Wildman–Crippen MR) is 188 cm³/mol. The molecule has 14 heteroatoms. The number of nitrogens with zero attached hydrogens (tertiary/aromatic N) is 1. The Morgan fingerprint density at radius 3 is 2.44 bits per heavy atom. The number of aromatic amines is 1. The van der Waals surface area contributed by atoms with Crippen LogP contribution in [-0.2, 0) is 19.1 Å². The molecule has 2 saturated carbocycles. The molecule has 1 saturated heterocycles. The lowest BCUT2D eigenvalue weighted by Crippen LogP contribution is -2.42. The smallest absolute Gasteiger partial charge is 0.338 e. The van der Waals surface area contributed by atoms with E-state index >= 15 is 0 Å². The van der Waals surface area contributed by atoms with Crippen LogP contribution in [0.1, 0.15) is 40.1 Å². The van der Waals surface area contributed by atoms with Crippen molar-refractivity contribution in [2.24, 2.45) is 29.6 Å². The third-order valence-electron chi connectivity index (χ3n) is 10.2. The van der Waals surface area contributed by atoms with E-state index < -0.39 is 29.5 Å². The van der Waals surface area contributed by atoms with Gasteiger partial charge in [0, 0.05) is 31.8 Å². The van der Waals surface area contributed by atoms with Crippen LogP contribution in [0.2, 0.25) is 0 Å². The maximum Gasteiger partial charge on any atom is 0.338 e. The van der Waals surface area contributed by atoms with Gasteiger partial charge in [-0.05, 0) is 97.8 Å². The van der Waals surface area contributed by atoms with Crippen molar-refractivity contribution in [1.82, 2.24) is 4.98 Å². The van der Waals surface area contributed by atoms with E-state index in [-0.39, 0.29) is 58.8 Å². The fraction of sp³-hybridized carbons (Fsp3) is 0.306. The molecule has 50 heavy (non-hydrogen) atoms. The molecule has 8 rings (SSSR count). The fourth-order valence-corrected chi connectivity index (χ4v) is 11.6. The minimum atomic E-state index is -0.531. The van der Waals surface area contributed by atoms with Crippen LogP contribution in [0.15, 0.2) is 81.0 Å². The maximum absolute atomic E-state index is 14.2. The van der Waals surface area contributed by atoms with Crippen LogP contribution >= 0.6 is 39.0 Å². The molecule has 0 spiro atoms. The monoisotopic (exact) mass is 777 g/mol. The number of nitrogens with one attached hydrogen (secondary N) is 2. The van der Waals surface area contributed by atoms with Gasteiger partial charge in [-0.15, -0.1) is 11.8 Å². The van der Waals surface area contributed by atoms with Gasteiger partial charge in [0.25, 0.3) is 5.91 Å². The van der Waals surface area contributed by atoms with Gasteiger partial charge in [0.05, 0.1) is 34.7 Å². The third kappa shape index (κ3) is 5.48. The lowest BCUT2D eigenvalue weighted by Gasteiger charge is -2.43. The van der Waals surface area contributed by atoms with E-state index in [1.807, 2.05) is 12.1 Å². The molecule has 1 aromatic heterocycles. The van der Waals surface area contributed by atoms with Gasteiger partial charge in [-0.3, -0.25) is 24.1 Å². The second kappa shape index (κ2) is 12.8. The number of hydrogen-bond donors (Lipinski definition) is 2. The number of esters is 1. The number of imide groups is 1. The van der Waals surface area contributed by atoms with Crippen molar-refractivity contribution >= 4 is 74.1 Å². The average molecular weight is 779 g/mol. The first-order valence-corrected chi connectivity index (χ1v) is 18.6. The van der Waals surface area contributed by atoms with Gasteiger partial charge in [-0.1, -0.05) is 27.3 Å². The van der Waals surface area contributed by atoms with Crippen molar-refractivity contribution < 1.29 is 33.0 Å². The zero-order chi connectivity index (χ0) is 34.8. The predicted octanol–water partition coefficient (Wildman–Crippen LogP) is 6.21. The Kier molecular flexibility index (Phi) is 8.43. The minimum Gasteiger partial charge on any atom is -0.483 e. The standard InChI is InChI=1S/C36H29BrFN3O7S2/c1-2-47-35(45)16-3-10-20(11-4-16)41-33(43)28-22-14-23(29(28)34(41)44)30-27(22)26(31-32(49-30)40-36(46)50-31)21-13-17(37)5-12-24(21)48-15-25(42)39-19-8-6-18(38)7-9-19/h3-13,22-23,26-30H,2,14-15H2,1H3,(H,39,42)(H,40,46)/t22-,23-,26+,27-,28+,29+,30-/m1/s1. The molecular weight excluding hydrogens is 749 g/mol. The molecule has 2 bridgehead atoms. The zero-order valence-electron chi connectivity index (χ0n) is 26.4. The number of carbonyl (C=O) groups is 4. The van der Waals surface area contributed by atoms with E-state index in [1.165, 1.54) is 29.2 Å². The summed E-state index contributed by atoms with van der Waals surface area (Å²) < 4.78 is 25.3. The Bertz CT molecular complexity index is 2100. The molecule has 0 unspecified atom stereocenters. The van der Waals surface area contributed by atoms with E-state index in [9.17, 15) is 28.4 Å². The van der Waals surface area contributed by atoms with Crippen LogP contribution in [0.5, 0.6) is 5.75 Å². The number of rotatable bonds is 8. The first-order chi connectivity index (χ1) is 24.1. The van der Waals surface area contributed by atoms with Crippen LogP contribution in [0.25, 0.3) is 0 Å². The maximum atomic E-state index is 14.2. The summed E-state index contributed by atoms with van der Waals surface area (Å²) in [5, 5.41) is 3.40. The minimum absolute atomic E-state index is 0.0551. The molecule has 10 nitrogen and oxygen atoms in total. The van der Waals surface area contributed by atoms with Gasteiger partial charge < -0.3 is 19.8 Å². The summed E-state index contributed by atoms with van der Waals surface area (Å²) in [5.41, 5.74) is 1.95. The molecule has 2 aliphatic heterocycles. The third-order valence-corrected chi connectivity index (χ3v) is 13.2. The summed E-state index contributed by atoms with van der Waals surface area (Å²) >= 11 is 6.31. The first-order valence-electron chi connectivity index (χ1n) is 16.1. The van der Waals surface area contributed by atoms with Crippen molar-refractivity contribution in [2.75, 3.05) is 23.4 Å². The lowest BCUT2D eigenvalue weighted by atomic mass is 9.68. The molecule has 3 aromatic carbocycles. The number of ether oxygens (including phenoxy) is 2. The number of fused-ring (bicyclic) bond motifs is 9. The molecule has 3 fully saturated rings. The van der Waals surface area contributed by atoms with E-state index in [4.69, 9.17) is 9.47 Å². The second-order valence-electron chi connectivity index (χ2n) is 12.8. The highest BCUT2D eigenvalue weighted by Crippen LogP contribution is 2.69. The fourth-order valence-electron chi connectivity index (χ4n) is 8.35. The molecule has 256 valence electrons. The summed E-state index contributed by atoms with van der Waals surface area (Å²) in [5.74, 6) is -3.07. The Balaban J connectivity index is 1.11. The average Bonchev–Trinajstić information content (AvgIpc) is 3.84. The molecule has 0 radical (unpaired) electrons. The highest BCUT2D eigenvalue weighted by atomic mass is 79.9. The number of benzene rings is 3. The van der Waals surface area contributed by atoms with Gasteiger partial charge >= 0.3 is 10.8 Å². The van der Waals surface area contributed by atoms with E-state index in [0.717, 1.165) is 31.3 Å². The van der Waals surface area contributed by atoms with Crippen LogP contribution in [-0.4, -0.2) is 47.1 Å². The number of anilines is 2. The van der Waals surface area contributed by atoms with Gasteiger partial charge in [-0.25, -0.2) is 9.18 Å². The van der Waals surface area contributed by atoms with Crippen LogP contribution in [0.4, 0.5) is 15.8 Å². The van der Waals surface area contributed by atoms with Crippen molar-refractivity contribution in [2.45, 2.75) is 29.5 Å². The quantitative estimate of drug-likeness (QED) is 0.159. The molecule has 4 aliphatic rings. The number of hydrogen-bond acceptors (Lipinski definition) is 9. The van der Waals surface area contributed by atoms with Gasteiger partial charge in [0.1, 0.15) is 11.6 Å². The number of thiazole rings is 1. The van der Waals surface area contributed by atoms with Crippen molar-refractivity contribution in [3.05, 3.63) is 103 Å². The van der Waals surface area contributed by atoms with E-state index in [1.54, 1.807) is 49.0 Å². The molecule has 4 aromatic rings. The highest BCUT2D eigenvalue weighted by Gasteiger charge is 2.70. The van der Waals surface area contributed by atoms with Crippen LogP contribution in [0, 0.1) is 35.4 Å². The molecule has 7 atom stereocenters. The van der Waals surface area contributed by atoms with E-state index in [2.05, 4.69) is 26.2 Å². The largest absolute Gasteiger partial charge is 0.483 e. The van der Waals surface area contributed by atoms with Gasteiger partial charge in [0.2, 0.25) is 11.8 Å². The van der Waals surface area contributed by atoms with Crippen molar-refractivity contribution in [3.63, 3.8) is 0 Å². The first kappa shape index (κ1) is 32.9. The van der Waals surface area contributed by atoms with Gasteiger partial charge in [-0.2, -0.15) is 0 Å². The summed E-state index contributed by atoms with van der Waals surface area (Å²) in [6, 6.07) is 17.3. The Morgan fingerprint density at radius 1 is 1.00 bits per heavy atom. The summed E-state index contributed by atoms with van der Waals surface area (Å²) in [6.45, 7) is 1.64. The summed E-state index contributed by atoms with van der Waals surface area (Å²) in [7, 11) is 0. The van der Waals surface area contributed by atoms with Crippen LogP contribution in [0.3, 0.4) is 0 Å². The Labute approximate surface area is 301 Å². The molecule has 2 N–H and O–H groups in total. The number of amides is 3. The number of carbonyl (C=O) groups excluding carboxylic acids is 4. The lowest BCUT2D eigenvalue weighted by molar-refractivity contribution is -0.123. The summed E-state index contributed by atoms with van der Waals surface area (Å²) in [6.07, 6.45) is 0.699. The molecule has 3 amide bonds. The number of halogens is 2. The number of thioether (sulfide) groups is 1. The van der Waals surface area contributed by atoms with Crippen LogP contribution < -0.4 is 19.8 Å². The zero-order valence-corrected chi connectivity index (χ0v) is 29.6. The second-order valence-corrected chi connectivity index (χ2v) is 15.9. The number of aromatic nitrogens is 1. The van der Waals surface area contributed by atoms with Crippen molar-refractivity contribution in [1.29, 1.82) is 0 Å². The SMILES string of the molecule is CCOC(=O)c1ccc(N2C(=O)[C@H]3[C@H]4C[C@@H]([C@@H]3C2=O)[C@@H]2[C@H](c3cc(Br)ccc3OCC(=O)Nc3ccc(F)cc3)c3sc(=O)[nH]c3S[C@H]42)cc1. The Hall–Kier alpha value is -4.27. The topological polar surface area (TPSA) is 135 Å². The van der Waals surface area contributed by atoms with Gasteiger partial charge in [0.15, 0.2) is 6.61 Å². The molecule has 2 aliphatic carbocycles. The molecule has 3 heterocycles. The highest BCUT2D eigenvalue weighted by molar-refractivity contribution is 9.10.